The van der Waals surface area contributed by atoms with E-state index >= 15 is 0 Å². The summed E-state index contributed by atoms with van der Waals surface area (Å²) in [4.78, 5) is 0. The average molecular weight is 287 g/mol. The second-order valence-corrected chi connectivity index (χ2v) is 6.45. The molecule has 2 nitrogen and oxygen atoms in total. The number of rotatable bonds is 1. The fraction of sp³-hybridized carbons (Fsp3) is 0.200. The van der Waals surface area contributed by atoms with Crippen LogP contribution < -0.4 is 0 Å². The SMILES string of the molecule is Cn1cc(-c2ccccc2)c2ccc3c(c21)C1(C)C=CC3O1. The summed E-state index contributed by atoms with van der Waals surface area (Å²) < 4.78 is 8.43. The highest BCUT2D eigenvalue weighted by Crippen LogP contribution is 2.53. The summed E-state index contributed by atoms with van der Waals surface area (Å²) in [5.74, 6) is 0. The Morgan fingerprint density at radius 2 is 1.91 bits per heavy atom. The van der Waals surface area contributed by atoms with Crippen LogP contribution in [-0.4, -0.2) is 4.57 Å². The first-order valence-corrected chi connectivity index (χ1v) is 7.72. The molecule has 3 heterocycles. The number of fused-ring (bicyclic) bond motifs is 7. The molecule has 1 aromatic heterocycles. The summed E-state index contributed by atoms with van der Waals surface area (Å²) in [5.41, 5.74) is 6.22. The Balaban J connectivity index is 1.87. The van der Waals surface area contributed by atoms with Crippen molar-refractivity contribution in [3.8, 4) is 11.1 Å². The maximum absolute atomic E-state index is 6.18. The van der Waals surface area contributed by atoms with Crippen LogP contribution in [-0.2, 0) is 17.4 Å². The predicted octanol–water partition coefficient (Wildman–Crippen LogP) is 4.70. The van der Waals surface area contributed by atoms with E-state index in [-0.39, 0.29) is 11.7 Å². The molecule has 2 aromatic carbocycles. The smallest absolute Gasteiger partial charge is 0.112 e. The Morgan fingerprint density at radius 3 is 2.73 bits per heavy atom. The summed E-state index contributed by atoms with van der Waals surface area (Å²) >= 11 is 0. The molecule has 0 amide bonds. The molecular weight excluding hydrogens is 270 g/mol. The lowest BCUT2D eigenvalue weighted by Crippen LogP contribution is -2.16. The van der Waals surface area contributed by atoms with Crippen LogP contribution in [0.15, 0.2) is 60.8 Å². The molecule has 2 aliphatic heterocycles. The molecule has 108 valence electrons. The third-order valence-electron chi connectivity index (χ3n) is 5.02. The van der Waals surface area contributed by atoms with Gasteiger partial charge in [-0.2, -0.15) is 0 Å². The molecule has 3 aromatic rings. The van der Waals surface area contributed by atoms with E-state index in [1.54, 1.807) is 0 Å². The largest absolute Gasteiger partial charge is 0.354 e. The fourth-order valence-corrected chi connectivity index (χ4v) is 4.05. The molecule has 0 saturated carbocycles. The second-order valence-electron chi connectivity index (χ2n) is 6.45. The van der Waals surface area contributed by atoms with Crippen molar-refractivity contribution in [2.75, 3.05) is 0 Å². The topological polar surface area (TPSA) is 14.2 Å². The van der Waals surface area contributed by atoms with E-state index in [0.29, 0.717) is 0 Å². The van der Waals surface area contributed by atoms with Crippen molar-refractivity contribution in [2.45, 2.75) is 18.6 Å². The van der Waals surface area contributed by atoms with E-state index in [9.17, 15) is 0 Å². The molecule has 0 aliphatic carbocycles. The number of nitrogens with zero attached hydrogens (tertiary/aromatic N) is 1. The van der Waals surface area contributed by atoms with E-state index in [0.717, 1.165) is 0 Å². The Bertz CT molecular complexity index is 935. The van der Waals surface area contributed by atoms with Crippen molar-refractivity contribution in [1.29, 1.82) is 0 Å². The first-order chi connectivity index (χ1) is 10.7. The lowest BCUT2D eigenvalue weighted by molar-refractivity contribution is 0.0118. The van der Waals surface area contributed by atoms with Crippen molar-refractivity contribution in [1.82, 2.24) is 4.57 Å². The van der Waals surface area contributed by atoms with Gasteiger partial charge in [0.1, 0.15) is 11.7 Å². The van der Waals surface area contributed by atoms with Crippen molar-refractivity contribution < 1.29 is 4.74 Å². The standard InChI is InChI=1S/C20H17NO/c1-20-11-10-17(22-20)15-9-8-14-16(13-6-4-3-5-7-13)12-21(2)19(14)18(15)20/h3-12,17H,1-2H3. The fourth-order valence-electron chi connectivity index (χ4n) is 4.05. The van der Waals surface area contributed by atoms with Gasteiger partial charge in [0.05, 0.1) is 5.52 Å². The summed E-state index contributed by atoms with van der Waals surface area (Å²) in [7, 11) is 2.13. The highest BCUT2D eigenvalue weighted by Gasteiger charge is 2.45. The molecule has 2 unspecified atom stereocenters. The van der Waals surface area contributed by atoms with Gasteiger partial charge in [-0.05, 0) is 24.1 Å². The van der Waals surface area contributed by atoms with Gasteiger partial charge >= 0.3 is 0 Å². The summed E-state index contributed by atoms with van der Waals surface area (Å²) in [6, 6.07) is 15.1. The Morgan fingerprint density at radius 1 is 1.09 bits per heavy atom. The molecule has 2 heteroatoms. The van der Waals surface area contributed by atoms with E-state index < -0.39 is 0 Å². The number of hydrogen-bond donors (Lipinski definition) is 0. The van der Waals surface area contributed by atoms with Gasteiger partial charge in [0.15, 0.2) is 0 Å². The van der Waals surface area contributed by atoms with Crippen LogP contribution in [0, 0.1) is 0 Å². The molecule has 0 saturated heterocycles. The number of hydrogen-bond acceptors (Lipinski definition) is 1. The first kappa shape index (κ1) is 12.2. The molecule has 0 radical (unpaired) electrons. The Hall–Kier alpha value is -2.32. The van der Waals surface area contributed by atoms with Gasteiger partial charge in [0, 0.05) is 29.8 Å². The van der Waals surface area contributed by atoms with Crippen LogP contribution in [0.4, 0.5) is 0 Å². The molecule has 22 heavy (non-hydrogen) atoms. The highest BCUT2D eigenvalue weighted by molar-refractivity contribution is 5.99. The minimum Gasteiger partial charge on any atom is -0.354 e. The van der Waals surface area contributed by atoms with Crippen molar-refractivity contribution in [3.05, 3.63) is 71.9 Å². The Kier molecular flexibility index (Phi) is 2.17. The lowest BCUT2D eigenvalue weighted by atomic mass is 9.86. The van der Waals surface area contributed by atoms with E-state index in [4.69, 9.17) is 4.74 Å². The Labute approximate surface area is 129 Å². The maximum Gasteiger partial charge on any atom is 0.112 e. The zero-order valence-electron chi connectivity index (χ0n) is 12.7. The summed E-state index contributed by atoms with van der Waals surface area (Å²) in [5, 5.41) is 1.30. The number of aromatic nitrogens is 1. The second kappa shape index (κ2) is 3.90. The van der Waals surface area contributed by atoms with E-state index in [1.165, 1.54) is 33.2 Å². The highest BCUT2D eigenvalue weighted by atomic mass is 16.5. The van der Waals surface area contributed by atoms with Gasteiger partial charge in [-0.15, -0.1) is 0 Å². The molecule has 2 aliphatic rings. The van der Waals surface area contributed by atoms with Gasteiger partial charge in [0.25, 0.3) is 0 Å². The van der Waals surface area contributed by atoms with Crippen LogP contribution in [0.2, 0.25) is 0 Å². The minimum absolute atomic E-state index is 0.125. The van der Waals surface area contributed by atoms with Crippen LogP contribution in [0.1, 0.15) is 24.2 Å². The third kappa shape index (κ3) is 1.38. The van der Waals surface area contributed by atoms with Crippen LogP contribution in [0.5, 0.6) is 0 Å². The molecular formula is C20H17NO. The maximum atomic E-state index is 6.18. The van der Waals surface area contributed by atoms with E-state index in [1.807, 2.05) is 0 Å². The zero-order valence-corrected chi connectivity index (χ0v) is 12.7. The van der Waals surface area contributed by atoms with Crippen LogP contribution in [0.25, 0.3) is 22.0 Å². The van der Waals surface area contributed by atoms with Gasteiger partial charge in [-0.3, -0.25) is 0 Å². The van der Waals surface area contributed by atoms with Crippen LogP contribution >= 0.6 is 0 Å². The minimum atomic E-state index is -0.278. The molecule has 2 atom stereocenters. The summed E-state index contributed by atoms with van der Waals surface area (Å²) in [6.07, 6.45) is 6.74. The molecule has 5 rings (SSSR count). The van der Waals surface area contributed by atoms with E-state index in [2.05, 4.69) is 79.4 Å². The average Bonchev–Trinajstić information content (AvgIpc) is 3.17. The van der Waals surface area contributed by atoms with Gasteiger partial charge in [-0.25, -0.2) is 0 Å². The molecule has 0 spiro atoms. The van der Waals surface area contributed by atoms with Crippen molar-refractivity contribution in [2.24, 2.45) is 7.05 Å². The first-order valence-electron chi connectivity index (χ1n) is 7.72. The molecule has 0 N–H and O–H groups in total. The molecule has 2 bridgehead atoms. The normalized spacial score (nSPS) is 25.1. The number of aryl methyl sites for hydroxylation is 1. The zero-order chi connectivity index (χ0) is 14.9. The van der Waals surface area contributed by atoms with Crippen molar-refractivity contribution >= 4 is 10.9 Å². The van der Waals surface area contributed by atoms with Gasteiger partial charge in [-0.1, -0.05) is 48.5 Å². The van der Waals surface area contributed by atoms with Crippen molar-refractivity contribution in [3.63, 3.8) is 0 Å². The summed E-state index contributed by atoms with van der Waals surface area (Å²) in [6.45, 7) is 2.17. The molecule has 0 fully saturated rings. The number of benzene rings is 2. The van der Waals surface area contributed by atoms with Gasteiger partial charge < -0.3 is 9.30 Å². The third-order valence-corrected chi connectivity index (χ3v) is 5.02. The van der Waals surface area contributed by atoms with Gasteiger partial charge in [0.2, 0.25) is 0 Å². The quantitative estimate of drug-likeness (QED) is 0.592. The van der Waals surface area contributed by atoms with Crippen LogP contribution in [0.3, 0.4) is 0 Å². The monoisotopic (exact) mass is 287 g/mol. The predicted molar refractivity (Wildman–Crippen MR) is 88.7 cm³/mol. The lowest BCUT2D eigenvalue weighted by Gasteiger charge is -2.20. The number of ether oxygens (including phenoxy) is 1.